The Hall–Kier alpha value is -3.55. The smallest absolute Gasteiger partial charge is 0.305 e. The zero-order chi connectivity index (χ0) is 23.4. The van der Waals surface area contributed by atoms with Crippen LogP contribution in [0.5, 0.6) is 0 Å². The SMILES string of the molecule is O=C(O)CCN=C(CCc1noc2c1C(=O)CC(c1ccccc1)C2)C1=C(O)CCCC1=O. The van der Waals surface area contributed by atoms with Gasteiger partial charge in [0.25, 0.3) is 0 Å². The van der Waals surface area contributed by atoms with E-state index in [1.165, 1.54) is 0 Å². The second kappa shape index (κ2) is 9.94. The number of aryl methyl sites for hydroxylation is 1. The summed E-state index contributed by atoms with van der Waals surface area (Å²) in [4.78, 5) is 40.6. The van der Waals surface area contributed by atoms with Crippen LogP contribution >= 0.6 is 0 Å². The highest BCUT2D eigenvalue weighted by atomic mass is 16.5. The monoisotopic (exact) mass is 450 g/mol. The number of carbonyl (C=O) groups is 3. The van der Waals surface area contributed by atoms with E-state index in [-0.39, 0.29) is 48.2 Å². The summed E-state index contributed by atoms with van der Waals surface area (Å²) >= 11 is 0. The fourth-order valence-electron chi connectivity index (χ4n) is 4.53. The number of rotatable bonds is 8. The predicted octanol–water partition coefficient (Wildman–Crippen LogP) is 4.00. The van der Waals surface area contributed by atoms with Crippen LogP contribution in [-0.2, 0) is 22.4 Å². The lowest BCUT2D eigenvalue weighted by atomic mass is 9.81. The number of ketones is 2. The number of aliphatic hydroxyl groups excluding tert-OH is 1. The minimum Gasteiger partial charge on any atom is -0.511 e. The van der Waals surface area contributed by atoms with Crippen LogP contribution in [0.4, 0.5) is 0 Å². The summed E-state index contributed by atoms with van der Waals surface area (Å²) in [5.74, 6) is -0.615. The molecule has 0 fully saturated rings. The van der Waals surface area contributed by atoms with Crippen LogP contribution in [0.1, 0.15) is 71.8 Å². The molecule has 4 rings (SSSR count). The molecule has 1 aromatic carbocycles. The van der Waals surface area contributed by atoms with Gasteiger partial charge in [0.1, 0.15) is 11.5 Å². The Balaban J connectivity index is 1.54. The van der Waals surface area contributed by atoms with E-state index in [0.717, 1.165) is 5.56 Å². The lowest BCUT2D eigenvalue weighted by molar-refractivity contribution is -0.136. The number of carbonyl (C=O) groups excluding carboxylic acids is 2. The minimum absolute atomic E-state index is 0.00331. The summed E-state index contributed by atoms with van der Waals surface area (Å²) < 4.78 is 5.53. The van der Waals surface area contributed by atoms with Crippen LogP contribution in [0.25, 0.3) is 0 Å². The van der Waals surface area contributed by atoms with Crippen LogP contribution in [0, 0.1) is 0 Å². The molecule has 1 unspecified atom stereocenters. The Morgan fingerprint density at radius 2 is 1.88 bits per heavy atom. The van der Waals surface area contributed by atoms with Gasteiger partial charge >= 0.3 is 5.97 Å². The number of hydrogen-bond donors (Lipinski definition) is 2. The summed E-state index contributed by atoms with van der Waals surface area (Å²) in [7, 11) is 0. The van der Waals surface area contributed by atoms with E-state index in [0.29, 0.717) is 61.3 Å². The summed E-state index contributed by atoms with van der Waals surface area (Å²) in [6.45, 7) is 0.00331. The molecule has 0 saturated heterocycles. The third kappa shape index (κ3) is 5.10. The van der Waals surface area contributed by atoms with Crippen LogP contribution in [0.2, 0.25) is 0 Å². The molecule has 8 heteroatoms. The van der Waals surface area contributed by atoms with Gasteiger partial charge in [-0.2, -0.15) is 0 Å². The van der Waals surface area contributed by atoms with Gasteiger partial charge in [-0.1, -0.05) is 35.5 Å². The van der Waals surface area contributed by atoms with Gasteiger partial charge in [-0.05, 0) is 30.7 Å². The first-order valence-electron chi connectivity index (χ1n) is 11.2. The molecule has 2 aliphatic rings. The minimum atomic E-state index is -0.990. The summed E-state index contributed by atoms with van der Waals surface area (Å²) in [5.41, 5.74) is 2.64. The van der Waals surface area contributed by atoms with E-state index in [2.05, 4.69) is 10.1 Å². The third-order valence-corrected chi connectivity index (χ3v) is 6.15. The first kappa shape index (κ1) is 22.6. The molecule has 33 heavy (non-hydrogen) atoms. The average Bonchev–Trinajstić information content (AvgIpc) is 3.21. The van der Waals surface area contributed by atoms with Gasteiger partial charge in [-0.25, -0.2) is 0 Å². The highest BCUT2D eigenvalue weighted by Gasteiger charge is 2.33. The van der Waals surface area contributed by atoms with E-state index in [1.807, 2.05) is 30.3 Å². The highest BCUT2D eigenvalue weighted by Crippen LogP contribution is 2.34. The standard InChI is InChI=1S/C25H26N2O6/c28-19-7-4-8-20(29)24(19)17(26-12-11-23(31)32)9-10-18-25-21(30)13-16(14-22(25)33-27-18)15-5-2-1-3-6-15/h1-3,5-6,16,28H,4,7-14H2,(H,31,32). The van der Waals surface area contributed by atoms with E-state index >= 15 is 0 Å². The lowest BCUT2D eigenvalue weighted by Gasteiger charge is -2.20. The number of allylic oxidation sites excluding steroid dienone is 2. The number of aliphatic carboxylic acids is 1. The Bertz CT molecular complexity index is 1130. The van der Waals surface area contributed by atoms with Crippen molar-refractivity contribution in [1.82, 2.24) is 5.16 Å². The van der Waals surface area contributed by atoms with Gasteiger partial charge in [0, 0.05) is 37.9 Å². The Kier molecular flexibility index (Phi) is 6.82. The number of aromatic nitrogens is 1. The number of aliphatic hydroxyl groups is 1. The van der Waals surface area contributed by atoms with E-state index < -0.39 is 5.97 Å². The van der Waals surface area contributed by atoms with Crippen molar-refractivity contribution >= 4 is 23.2 Å². The number of aliphatic imine (C=N–C) groups is 1. The maximum atomic E-state index is 12.9. The highest BCUT2D eigenvalue weighted by molar-refractivity contribution is 6.23. The predicted molar refractivity (Wildman–Crippen MR) is 120 cm³/mol. The third-order valence-electron chi connectivity index (χ3n) is 6.15. The molecule has 1 heterocycles. The molecule has 0 aliphatic heterocycles. The van der Waals surface area contributed by atoms with Gasteiger partial charge in [-0.3, -0.25) is 19.4 Å². The fraction of sp³-hybridized carbons (Fsp3) is 0.400. The van der Waals surface area contributed by atoms with Crippen LogP contribution in [0.3, 0.4) is 0 Å². The zero-order valence-electron chi connectivity index (χ0n) is 18.2. The van der Waals surface area contributed by atoms with Crippen molar-refractivity contribution in [3.05, 3.63) is 64.2 Å². The number of hydrogen-bond acceptors (Lipinski definition) is 7. The normalized spacial score (nSPS) is 19.0. The van der Waals surface area contributed by atoms with Crippen molar-refractivity contribution in [2.45, 2.75) is 57.3 Å². The van der Waals surface area contributed by atoms with Crippen molar-refractivity contribution in [2.75, 3.05) is 6.54 Å². The van der Waals surface area contributed by atoms with Gasteiger partial charge < -0.3 is 14.7 Å². The number of Topliss-reactive ketones (excluding diaryl/α,β-unsaturated/α-hetero) is 2. The van der Waals surface area contributed by atoms with Gasteiger partial charge in [0.2, 0.25) is 0 Å². The largest absolute Gasteiger partial charge is 0.511 e. The van der Waals surface area contributed by atoms with Gasteiger partial charge in [0.05, 0.1) is 23.3 Å². The Morgan fingerprint density at radius 3 is 2.61 bits per heavy atom. The summed E-state index contributed by atoms with van der Waals surface area (Å²) in [5, 5.41) is 23.4. The van der Waals surface area contributed by atoms with Crippen LogP contribution < -0.4 is 0 Å². The number of nitrogens with zero attached hydrogens (tertiary/aromatic N) is 2. The topological polar surface area (TPSA) is 130 Å². The van der Waals surface area contributed by atoms with E-state index in [1.54, 1.807) is 0 Å². The molecule has 0 saturated carbocycles. The van der Waals surface area contributed by atoms with Crippen molar-refractivity contribution in [2.24, 2.45) is 4.99 Å². The molecule has 8 nitrogen and oxygen atoms in total. The molecule has 0 bridgehead atoms. The molecule has 0 amide bonds. The van der Waals surface area contributed by atoms with Crippen molar-refractivity contribution < 1.29 is 29.1 Å². The number of fused-ring (bicyclic) bond motifs is 1. The average molecular weight is 450 g/mol. The molecule has 1 aromatic heterocycles. The first-order chi connectivity index (χ1) is 15.9. The molecule has 1 atom stereocenters. The van der Waals surface area contributed by atoms with Gasteiger partial charge in [0.15, 0.2) is 11.6 Å². The first-order valence-corrected chi connectivity index (χ1v) is 11.2. The van der Waals surface area contributed by atoms with Crippen molar-refractivity contribution in [3.63, 3.8) is 0 Å². The molecule has 0 spiro atoms. The summed E-state index contributed by atoms with van der Waals surface area (Å²) in [6, 6.07) is 9.83. The van der Waals surface area contributed by atoms with Crippen molar-refractivity contribution in [1.29, 1.82) is 0 Å². The quantitative estimate of drug-likeness (QED) is 0.581. The molecule has 2 aromatic rings. The van der Waals surface area contributed by atoms with Crippen LogP contribution in [-0.4, -0.2) is 45.2 Å². The van der Waals surface area contributed by atoms with Gasteiger partial charge in [-0.15, -0.1) is 0 Å². The van der Waals surface area contributed by atoms with Crippen LogP contribution in [0.15, 0.2) is 51.2 Å². The Labute approximate surface area is 191 Å². The van der Waals surface area contributed by atoms with E-state index in [9.17, 15) is 19.5 Å². The second-order valence-electron chi connectivity index (χ2n) is 8.44. The Morgan fingerprint density at radius 1 is 1.09 bits per heavy atom. The number of carboxylic acids is 1. The maximum Gasteiger partial charge on any atom is 0.305 e. The molecular formula is C25H26N2O6. The lowest BCUT2D eigenvalue weighted by Crippen LogP contribution is -2.22. The maximum absolute atomic E-state index is 12.9. The summed E-state index contributed by atoms with van der Waals surface area (Å²) in [6.07, 6.45) is 2.61. The van der Waals surface area contributed by atoms with E-state index in [4.69, 9.17) is 9.63 Å². The van der Waals surface area contributed by atoms with Crippen molar-refractivity contribution in [3.8, 4) is 0 Å². The number of benzene rings is 1. The molecule has 172 valence electrons. The zero-order valence-corrected chi connectivity index (χ0v) is 18.2. The second-order valence-corrected chi connectivity index (χ2v) is 8.44. The molecule has 0 radical (unpaired) electrons. The molecule has 2 aliphatic carbocycles. The number of carboxylic acid groups (broad SMARTS) is 1. The molecule has 2 N–H and O–H groups in total. The fourth-order valence-corrected chi connectivity index (χ4v) is 4.53. The molecular weight excluding hydrogens is 424 g/mol.